The molecule has 0 heterocycles. The van der Waals surface area contributed by atoms with E-state index < -0.39 is 0 Å². The van der Waals surface area contributed by atoms with E-state index in [1.165, 1.54) is 0 Å². The smallest absolute Gasteiger partial charge is 0.0274 e. The van der Waals surface area contributed by atoms with Gasteiger partial charge in [-0.15, -0.1) is 0 Å². The van der Waals surface area contributed by atoms with Crippen LogP contribution >= 0.6 is 0 Å². The minimum Gasteiger partial charge on any atom is -0.0724 e. The molecule has 0 rings (SSSR count). The molecule has 0 nitrogen and oxygen atoms in total. The predicted molar refractivity (Wildman–Crippen MR) is 24.7 cm³/mol. The van der Waals surface area contributed by atoms with Gasteiger partial charge in [-0.05, 0) is 0 Å². The van der Waals surface area contributed by atoms with Crippen LogP contribution in [0.2, 0.25) is 19.6 Å². The molecule has 0 unspecified atom stereocenters. The molecule has 0 N–H and O–H groups in total. The first-order valence-electron chi connectivity index (χ1n) is 1.73. The maximum atomic E-state index is 2.31. The van der Waals surface area contributed by atoms with Gasteiger partial charge in [-0.1, -0.05) is 19.6 Å². The van der Waals surface area contributed by atoms with Crippen LogP contribution in [0.3, 0.4) is 0 Å². The van der Waals surface area contributed by atoms with Gasteiger partial charge in [-0.3, -0.25) is 0 Å². The molecule has 0 saturated carbocycles. The number of rotatable bonds is 0. The summed E-state index contributed by atoms with van der Waals surface area (Å²) in [7, 11) is -0.139. The van der Waals surface area contributed by atoms with E-state index in [0.717, 1.165) is 0 Å². The molecule has 9 heteroatoms. The molecular formula is C3H10SiY8. The van der Waals surface area contributed by atoms with Crippen LogP contribution in [0.1, 0.15) is 0 Å². The van der Waals surface area contributed by atoms with E-state index in [4.69, 9.17) is 0 Å². The van der Waals surface area contributed by atoms with Crippen molar-refractivity contribution in [2.24, 2.45) is 0 Å². The molecule has 0 aliphatic rings. The van der Waals surface area contributed by atoms with Gasteiger partial charge in [0.05, 0.1) is 0 Å². The minimum absolute atomic E-state index is 0. The van der Waals surface area contributed by atoms with Gasteiger partial charge in [0.1, 0.15) is 0 Å². The summed E-state index contributed by atoms with van der Waals surface area (Å²) in [6.07, 6.45) is 0. The minimum atomic E-state index is -0.139. The molecule has 0 amide bonds. The van der Waals surface area contributed by atoms with E-state index in [9.17, 15) is 0 Å². The largest absolute Gasteiger partial charge is 0.0724 e. The first kappa shape index (κ1) is 58.3. The second kappa shape index (κ2) is 50.1. The van der Waals surface area contributed by atoms with Crippen LogP contribution in [-0.2, 0) is 262 Å². The van der Waals surface area contributed by atoms with Gasteiger partial charge in [-0.2, -0.15) is 0 Å². The second-order valence-electron chi connectivity index (χ2n) is 1.73. The standard InChI is InChI=1S/C3H10Si.8Y/c1-4(2)3;;;;;;;;/h4H,1-3H3;;;;;;;;. The van der Waals surface area contributed by atoms with Crippen molar-refractivity contribution in [2.75, 3.05) is 0 Å². The van der Waals surface area contributed by atoms with E-state index in [2.05, 4.69) is 19.6 Å². The van der Waals surface area contributed by atoms with Crippen molar-refractivity contribution in [1.82, 2.24) is 0 Å². The third-order valence-electron chi connectivity index (χ3n) is 0. The maximum absolute atomic E-state index is 2.31. The van der Waals surface area contributed by atoms with Gasteiger partial charge < -0.3 is 0 Å². The normalized spacial score (nSPS) is 3.00. The molecule has 0 aliphatic carbocycles. The van der Waals surface area contributed by atoms with Crippen LogP contribution in [0, 0.1) is 0 Å². The fourth-order valence-corrected chi connectivity index (χ4v) is 0. The van der Waals surface area contributed by atoms with Gasteiger partial charge >= 0.3 is 0 Å². The molecule has 0 aliphatic heterocycles. The van der Waals surface area contributed by atoms with Crippen LogP contribution in [0.5, 0.6) is 0 Å². The number of hydrogen-bond donors (Lipinski definition) is 0. The van der Waals surface area contributed by atoms with E-state index in [1.807, 2.05) is 0 Å². The van der Waals surface area contributed by atoms with Gasteiger partial charge in [0.2, 0.25) is 0 Å². The van der Waals surface area contributed by atoms with Crippen molar-refractivity contribution in [2.45, 2.75) is 19.6 Å². The van der Waals surface area contributed by atoms with Crippen molar-refractivity contribution in [3.63, 3.8) is 0 Å². The molecular weight excluding hydrogens is 775 g/mol. The zero-order valence-corrected chi connectivity index (χ0v) is 32.1. The summed E-state index contributed by atoms with van der Waals surface area (Å²) in [5, 5.41) is 0. The van der Waals surface area contributed by atoms with Gasteiger partial charge in [0, 0.05) is 270 Å². The van der Waals surface area contributed by atoms with E-state index >= 15 is 0 Å². The van der Waals surface area contributed by atoms with Crippen LogP contribution in [0.25, 0.3) is 0 Å². The molecule has 12 heavy (non-hydrogen) atoms. The third-order valence-corrected chi connectivity index (χ3v) is 0. The molecule has 0 bridgehead atoms. The molecule has 0 aromatic carbocycles. The Hall–Kier alpha value is 9.05. The summed E-state index contributed by atoms with van der Waals surface area (Å²) in [4.78, 5) is 0. The van der Waals surface area contributed by atoms with E-state index in [-0.39, 0.29) is 270 Å². The maximum Gasteiger partial charge on any atom is 0.0274 e. The van der Waals surface area contributed by atoms with Gasteiger partial charge in [-0.25, -0.2) is 0 Å². The van der Waals surface area contributed by atoms with Crippen molar-refractivity contribution < 1.29 is 262 Å². The second-order valence-corrected chi connectivity index (χ2v) is 5.20. The summed E-state index contributed by atoms with van der Waals surface area (Å²) in [6.45, 7) is 6.92. The Morgan fingerprint density at radius 2 is 0.417 bits per heavy atom. The Kier molecular flexibility index (Phi) is 243. The molecule has 8 radical (unpaired) electrons. The van der Waals surface area contributed by atoms with Crippen molar-refractivity contribution >= 4 is 8.80 Å². The van der Waals surface area contributed by atoms with Crippen LogP contribution in [0.4, 0.5) is 0 Å². The Bertz CT molecular complexity index is 19.0. The Morgan fingerprint density at radius 1 is 0.417 bits per heavy atom. The summed E-state index contributed by atoms with van der Waals surface area (Å²) in [5.41, 5.74) is 0. The Morgan fingerprint density at radius 3 is 0.417 bits per heavy atom. The quantitative estimate of drug-likeness (QED) is 0.323. The van der Waals surface area contributed by atoms with E-state index in [1.54, 1.807) is 0 Å². The molecule has 0 aromatic heterocycles. The third kappa shape index (κ3) is 75.8. The fourth-order valence-electron chi connectivity index (χ4n) is 0. The van der Waals surface area contributed by atoms with Gasteiger partial charge in [0.15, 0.2) is 0 Å². The van der Waals surface area contributed by atoms with Gasteiger partial charge in [0.25, 0.3) is 0 Å². The molecule has 0 spiro atoms. The predicted octanol–water partition coefficient (Wildman–Crippen LogP) is 1.08. The van der Waals surface area contributed by atoms with Crippen molar-refractivity contribution in [3.05, 3.63) is 0 Å². The molecule has 0 aromatic rings. The average Bonchev–Trinajstić information content (AvgIpc) is 0.811. The molecule has 0 fully saturated rings. The molecule has 0 atom stereocenters. The van der Waals surface area contributed by atoms with Crippen LogP contribution in [0.15, 0.2) is 0 Å². The number of hydrogen-bond acceptors (Lipinski definition) is 0. The monoisotopic (exact) mass is 785 g/mol. The molecule has 0 saturated heterocycles. The first-order chi connectivity index (χ1) is 1.73. The summed E-state index contributed by atoms with van der Waals surface area (Å²) in [5.74, 6) is 0. The summed E-state index contributed by atoms with van der Waals surface area (Å²) < 4.78 is 0. The zero-order valence-electron chi connectivity index (χ0n) is 8.20. The molecule has 50 valence electrons. The van der Waals surface area contributed by atoms with Crippen LogP contribution < -0.4 is 0 Å². The topological polar surface area (TPSA) is 0 Å². The van der Waals surface area contributed by atoms with Crippen molar-refractivity contribution in [1.29, 1.82) is 0 Å². The summed E-state index contributed by atoms with van der Waals surface area (Å²) in [6, 6.07) is 0. The summed E-state index contributed by atoms with van der Waals surface area (Å²) >= 11 is 0. The van der Waals surface area contributed by atoms with Crippen molar-refractivity contribution in [3.8, 4) is 0 Å². The Balaban J connectivity index is -0.00000000161. The average molecular weight is 785 g/mol. The van der Waals surface area contributed by atoms with Crippen LogP contribution in [-0.4, -0.2) is 8.80 Å². The first-order valence-corrected chi connectivity index (χ1v) is 5.20. The zero-order chi connectivity index (χ0) is 3.58. The van der Waals surface area contributed by atoms with E-state index in [0.29, 0.717) is 0 Å². The SMILES string of the molecule is C[SiH](C)C.[Y].[Y].[Y].[Y].[Y].[Y].[Y].[Y]. The fraction of sp³-hybridized carbons (Fsp3) is 1.00. The Labute approximate surface area is 281 Å².